The Labute approximate surface area is 168 Å². The molecule has 1 aliphatic rings. The van der Waals surface area contributed by atoms with Gasteiger partial charge in [0.1, 0.15) is 12.8 Å². The minimum Gasteiger partial charge on any atom is -0.493 e. The zero-order chi connectivity index (χ0) is 19.9. The van der Waals surface area contributed by atoms with E-state index in [1.54, 1.807) is 0 Å². The second kappa shape index (κ2) is 9.73. The maximum atomic E-state index is 11.0. The molecule has 0 amide bonds. The SMILES string of the molecule is COc1ccc([N+](=O)[O-])cc1OCC1NC(Cc2ccc(Cl)cc2)CCCO1. The molecule has 1 fully saturated rings. The molecule has 3 rings (SSSR count). The number of rotatable bonds is 7. The summed E-state index contributed by atoms with van der Waals surface area (Å²) in [6.45, 7) is 0.846. The molecule has 2 unspecified atom stereocenters. The molecule has 7 nitrogen and oxygen atoms in total. The van der Waals surface area contributed by atoms with E-state index < -0.39 is 4.92 Å². The van der Waals surface area contributed by atoms with Gasteiger partial charge in [-0.1, -0.05) is 23.7 Å². The summed E-state index contributed by atoms with van der Waals surface area (Å²) in [4.78, 5) is 10.5. The molecular weight excluding hydrogens is 384 g/mol. The van der Waals surface area contributed by atoms with Crippen LogP contribution < -0.4 is 14.8 Å². The van der Waals surface area contributed by atoms with Gasteiger partial charge >= 0.3 is 0 Å². The zero-order valence-electron chi connectivity index (χ0n) is 15.6. The first kappa shape index (κ1) is 20.4. The van der Waals surface area contributed by atoms with E-state index in [0.717, 1.165) is 24.3 Å². The van der Waals surface area contributed by atoms with Crippen LogP contribution in [0.25, 0.3) is 0 Å². The molecule has 0 aromatic heterocycles. The van der Waals surface area contributed by atoms with E-state index in [2.05, 4.69) is 5.32 Å². The predicted molar refractivity (Wildman–Crippen MR) is 106 cm³/mol. The van der Waals surface area contributed by atoms with Crippen LogP contribution in [-0.4, -0.2) is 37.5 Å². The van der Waals surface area contributed by atoms with Crippen LogP contribution in [0.3, 0.4) is 0 Å². The fourth-order valence-corrected chi connectivity index (χ4v) is 3.30. The highest BCUT2D eigenvalue weighted by Gasteiger charge is 2.22. The lowest BCUT2D eigenvalue weighted by Crippen LogP contribution is -2.42. The first-order valence-corrected chi connectivity index (χ1v) is 9.50. The smallest absolute Gasteiger partial charge is 0.273 e. The Morgan fingerprint density at radius 2 is 2.04 bits per heavy atom. The number of hydrogen-bond donors (Lipinski definition) is 1. The third-order valence-corrected chi connectivity index (χ3v) is 4.83. The highest BCUT2D eigenvalue weighted by molar-refractivity contribution is 6.30. The number of halogens is 1. The Kier molecular flexibility index (Phi) is 7.08. The van der Waals surface area contributed by atoms with Gasteiger partial charge in [-0.15, -0.1) is 0 Å². The van der Waals surface area contributed by atoms with Gasteiger partial charge in [-0.25, -0.2) is 0 Å². The van der Waals surface area contributed by atoms with Crippen molar-refractivity contribution in [3.05, 3.63) is 63.2 Å². The maximum Gasteiger partial charge on any atom is 0.273 e. The van der Waals surface area contributed by atoms with Crippen LogP contribution in [0.15, 0.2) is 42.5 Å². The van der Waals surface area contributed by atoms with Gasteiger partial charge in [0.15, 0.2) is 11.5 Å². The van der Waals surface area contributed by atoms with E-state index in [4.69, 9.17) is 25.8 Å². The molecule has 2 aromatic rings. The molecule has 2 atom stereocenters. The van der Waals surface area contributed by atoms with E-state index in [-0.39, 0.29) is 24.6 Å². The second-order valence-electron chi connectivity index (χ2n) is 6.60. The molecule has 0 saturated carbocycles. The minimum absolute atomic E-state index is 0.0499. The van der Waals surface area contributed by atoms with Crippen LogP contribution in [0.5, 0.6) is 11.5 Å². The standard InChI is InChI=1S/C20H23ClN2O5/c1-26-18-9-8-17(23(24)25)12-19(18)28-13-20-22-16(3-2-10-27-20)11-14-4-6-15(21)7-5-14/h4-9,12,16,20,22H,2-3,10-11,13H2,1H3. The quantitative estimate of drug-likeness (QED) is 0.553. The fourth-order valence-electron chi connectivity index (χ4n) is 3.17. The van der Waals surface area contributed by atoms with Gasteiger partial charge < -0.3 is 14.2 Å². The lowest BCUT2D eigenvalue weighted by molar-refractivity contribution is -0.385. The third kappa shape index (κ3) is 5.58. The fraction of sp³-hybridized carbons (Fsp3) is 0.400. The van der Waals surface area contributed by atoms with Gasteiger partial charge in [0.25, 0.3) is 5.69 Å². The number of hydrogen-bond acceptors (Lipinski definition) is 6. The maximum absolute atomic E-state index is 11.0. The summed E-state index contributed by atoms with van der Waals surface area (Å²) >= 11 is 5.95. The highest BCUT2D eigenvalue weighted by Crippen LogP contribution is 2.31. The first-order chi connectivity index (χ1) is 13.5. The van der Waals surface area contributed by atoms with Crippen LogP contribution in [0.1, 0.15) is 18.4 Å². The van der Waals surface area contributed by atoms with E-state index in [1.807, 2.05) is 24.3 Å². The summed E-state index contributed by atoms with van der Waals surface area (Å²) in [7, 11) is 1.50. The average molecular weight is 407 g/mol. The Morgan fingerprint density at radius 3 is 2.75 bits per heavy atom. The molecule has 0 aliphatic carbocycles. The van der Waals surface area contributed by atoms with Gasteiger partial charge in [-0.3, -0.25) is 15.4 Å². The third-order valence-electron chi connectivity index (χ3n) is 4.58. The number of ether oxygens (including phenoxy) is 3. The average Bonchev–Trinajstić information content (AvgIpc) is 2.93. The first-order valence-electron chi connectivity index (χ1n) is 9.12. The molecule has 0 spiro atoms. The van der Waals surface area contributed by atoms with E-state index in [0.29, 0.717) is 18.1 Å². The lowest BCUT2D eigenvalue weighted by Gasteiger charge is -2.23. The monoisotopic (exact) mass is 406 g/mol. The van der Waals surface area contributed by atoms with Crippen molar-refractivity contribution in [2.75, 3.05) is 20.3 Å². The van der Waals surface area contributed by atoms with Crippen molar-refractivity contribution in [1.29, 1.82) is 0 Å². The number of nitrogens with one attached hydrogen (secondary N) is 1. The largest absolute Gasteiger partial charge is 0.493 e. The summed E-state index contributed by atoms with van der Waals surface area (Å²) < 4.78 is 16.9. The van der Waals surface area contributed by atoms with Crippen LogP contribution in [-0.2, 0) is 11.2 Å². The lowest BCUT2D eigenvalue weighted by atomic mass is 10.0. The van der Waals surface area contributed by atoms with Crippen molar-refractivity contribution in [3.8, 4) is 11.5 Å². The molecule has 1 saturated heterocycles. The molecule has 150 valence electrons. The molecule has 2 aromatic carbocycles. The van der Waals surface area contributed by atoms with Crippen LogP contribution >= 0.6 is 11.6 Å². The van der Waals surface area contributed by atoms with Crippen molar-refractivity contribution in [2.45, 2.75) is 31.5 Å². The molecule has 1 aliphatic heterocycles. The second-order valence-corrected chi connectivity index (χ2v) is 7.04. The molecule has 0 radical (unpaired) electrons. The molecule has 0 bridgehead atoms. The van der Waals surface area contributed by atoms with Gasteiger partial charge in [0.2, 0.25) is 0 Å². The van der Waals surface area contributed by atoms with E-state index in [1.165, 1.54) is 30.9 Å². The van der Waals surface area contributed by atoms with Crippen LogP contribution in [0.2, 0.25) is 5.02 Å². The topological polar surface area (TPSA) is 82.9 Å². The Hall–Kier alpha value is -2.35. The van der Waals surface area contributed by atoms with Crippen molar-refractivity contribution < 1.29 is 19.1 Å². The van der Waals surface area contributed by atoms with Gasteiger partial charge in [-0.05, 0) is 43.0 Å². The Bertz CT molecular complexity index is 800. The van der Waals surface area contributed by atoms with Crippen molar-refractivity contribution in [2.24, 2.45) is 0 Å². The molecular formula is C20H23ClN2O5. The predicted octanol–water partition coefficient (Wildman–Crippen LogP) is 3.97. The number of benzene rings is 2. The van der Waals surface area contributed by atoms with Crippen molar-refractivity contribution in [1.82, 2.24) is 5.32 Å². The summed E-state index contributed by atoms with van der Waals surface area (Å²) in [6.07, 6.45) is 2.47. The van der Waals surface area contributed by atoms with Crippen LogP contribution in [0, 0.1) is 10.1 Å². The number of non-ortho nitro benzene ring substituents is 1. The molecule has 1 heterocycles. The van der Waals surface area contributed by atoms with Crippen molar-refractivity contribution >= 4 is 17.3 Å². The number of nitro groups is 1. The van der Waals surface area contributed by atoms with Gasteiger partial charge in [0, 0.05) is 23.7 Å². The van der Waals surface area contributed by atoms with E-state index in [9.17, 15) is 10.1 Å². The number of methoxy groups -OCH3 is 1. The van der Waals surface area contributed by atoms with Crippen molar-refractivity contribution in [3.63, 3.8) is 0 Å². The summed E-state index contributed by atoms with van der Waals surface area (Å²) in [5.74, 6) is 0.762. The van der Waals surface area contributed by atoms with Gasteiger partial charge in [0.05, 0.1) is 18.1 Å². The summed E-state index contributed by atoms with van der Waals surface area (Å²) in [5.41, 5.74) is 1.15. The minimum atomic E-state index is -0.463. The molecule has 28 heavy (non-hydrogen) atoms. The van der Waals surface area contributed by atoms with Gasteiger partial charge in [-0.2, -0.15) is 0 Å². The summed E-state index contributed by atoms with van der Waals surface area (Å²) in [6, 6.07) is 12.3. The summed E-state index contributed by atoms with van der Waals surface area (Å²) in [5, 5.41) is 15.2. The molecule has 8 heteroatoms. The highest BCUT2D eigenvalue weighted by atomic mass is 35.5. The molecule has 1 N–H and O–H groups in total. The number of nitrogens with zero attached hydrogens (tertiary/aromatic N) is 1. The zero-order valence-corrected chi connectivity index (χ0v) is 16.4. The van der Waals surface area contributed by atoms with E-state index >= 15 is 0 Å². The van der Waals surface area contributed by atoms with Crippen LogP contribution in [0.4, 0.5) is 5.69 Å². The number of nitro benzene ring substituents is 1. The normalized spacial score (nSPS) is 19.6. The Balaban J connectivity index is 1.62. The Morgan fingerprint density at radius 1 is 1.25 bits per heavy atom.